The van der Waals surface area contributed by atoms with Gasteiger partial charge in [-0.05, 0) is 64.1 Å². The molecule has 128 valence electrons. The molecule has 0 spiro atoms. The largest absolute Gasteiger partial charge is 0.488 e. The highest BCUT2D eigenvalue weighted by molar-refractivity contribution is 14.1. The zero-order chi connectivity index (χ0) is 18.0. The lowest BCUT2D eigenvalue weighted by Gasteiger charge is -2.09. The second-order valence-corrected chi connectivity index (χ2v) is 6.62. The summed E-state index contributed by atoms with van der Waals surface area (Å²) in [5.74, 6) is -0.0108. The molecule has 0 atom stereocenters. The molecule has 1 N–H and O–H groups in total. The Kier molecular flexibility index (Phi) is 5.03. The maximum Gasteiger partial charge on any atom is 0.328 e. The SMILES string of the molecule is CN1C(=O)N/C(=C/c2ccc(OCc3cccc(F)c3)c(I)c2)C1=O. The number of carbonyl (C=O) groups excluding carboxylic acids is 2. The first-order valence-corrected chi connectivity index (χ1v) is 8.49. The van der Waals surface area contributed by atoms with Crippen molar-refractivity contribution in [3.8, 4) is 5.75 Å². The average Bonchev–Trinajstić information content (AvgIpc) is 2.81. The second kappa shape index (κ2) is 7.22. The number of hydrogen-bond acceptors (Lipinski definition) is 3. The predicted octanol–water partition coefficient (Wildman–Crippen LogP) is 3.53. The Morgan fingerprint density at radius 1 is 1.24 bits per heavy atom. The van der Waals surface area contributed by atoms with Gasteiger partial charge >= 0.3 is 6.03 Å². The summed E-state index contributed by atoms with van der Waals surface area (Å²) in [7, 11) is 1.42. The predicted molar refractivity (Wildman–Crippen MR) is 99.2 cm³/mol. The van der Waals surface area contributed by atoms with Gasteiger partial charge in [0.2, 0.25) is 0 Å². The van der Waals surface area contributed by atoms with Gasteiger partial charge in [-0.25, -0.2) is 9.18 Å². The number of halogens is 2. The Balaban J connectivity index is 1.73. The lowest BCUT2D eigenvalue weighted by Crippen LogP contribution is -2.25. The zero-order valence-corrected chi connectivity index (χ0v) is 15.4. The number of urea groups is 1. The van der Waals surface area contributed by atoms with E-state index in [9.17, 15) is 14.0 Å². The van der Waals surface area contributed by atoms with E-state index >= 15 is 0 Å². The molecule has 5 nitrogen and oxygen atoms in total. The molecule has 0 aliphatic carbocycles. The molecule has 0 saturated carbocycles. The van der Waals surface area contributed by atoms with E-state index in [4.69, 9.17) is 4.74 Å². The molecule has 0 bridgehead atoms. The van der Waals surface area contributed by atoms with E-state index in [0.29, 0.717) is 5.75 Å². The Morgan fingerprint density at radius 2 is 2.04 bits per heavy atom. The monoisotopic (exact) mass is 452 g/mol. The highest BCUT2D eigenvalue weighted by Gasteiger charge is 2.29. The molecular formula is C18H14FIN2O3. The van der Waals surface area contributed by atoms with Crippen molar-refractivity contribution in [3.63, 3.8) is 0 Å². The summed E-state index contributed by atoms with van der Waals surface area (Å²) in [6.45, 7) is 0.257. The normalized spacial score (nSPS) is 15.6. The van der Waals surface area contributed by atoms with Gasteiger partial charge in [0, 0.05) is 7.05 Å². The van der Waals surface area contributed by atoms with Gasteiger partial charge in [0.05, 0.1) is 3.57 Å². The Morgan fingerprint density at radius 3 is 2.68 bits per heavy atom. The third-order valence-electron chi connectivity index (χ3n) is 3.63. The van der Waals surface area contributed by atoms with Crippen LogP contribution in [-0.2, 0) is 11.4 Å². The van der Waals surface area contributed by atoms with Crippen LogP contribution in [0.4, 0.5) is 9.18 Å². The van der Waals surface area contributed by atoms with Gasteiger partial charge in [-0.1, -0.05) is 18.2 Å². The van der Waals surface area contributed by atoms with Gasteiger partial charge in [0.1, 0.15) is 23.9 Å². The van der Waals surface area contributed by atoms with Crippen LogP contribution in [0.3, 0.4) is 0 Å². The number of benzene rings is 2. The van der Waals surface area contributed by atoms with Crippen molar-refractivity contribution >= 4 is 40.6 Å². The summed E-state index contributed by atoms with van der Waals surface area (Å²) in [5.41, 5.74) is 1.74. The summed E-state index contributed by atoms with van der Waals surface area (Å²) in [4.78, 5) is 24.4. The van der Waals surface area contributed by atoms with E-state index in [-0.39, 0.29) is 24.0 Å². The second-order valence-electron chi connectivity index (χ2n) is 5.46. The summed E-state index contributed by atoms with van der Waals surface area (Å²) in [6.07, 6.45) is 1.61. The van der Waals surface area contributed by atoms with Crippen LogP contribution in [0.25, 0.3) is 6.08 Å². The van der Waals surface area contributed by atoms with Crippen molar-refractivity contribution in [3.05, 3.63) is 68.7 Å². The van der Waals surface area contributed by atoms with E-state index in [1.54, 1.807) is 30.3 Å². The van der Waals surface area contributed by atoms with Crippen LogP contribution in [-0.4, -0.2) is 23.9 Å². The molecule has 2 aromatic carbocycles. The Hall–Kier alpha value is -2.42. The van der Waals surface area contributed by atoms with Crippen LogP contribution in [0.5, 0.6) is 5.75 Å². The van der Waals surface area contributed by atoms with E-state index in [0.717, 1.165) is 19.6 Å². The Labute approximate surface area is 157 Å². The maximum absolute atomic E-state index is 13.2. The molecule has 2 aromatic rings. The fourth-order valence-corrected chi connectivity index (χ4v) is 3.00. The van der Waals surface area contributed by atoms with Gasteiger partial charge in [0.15, 0.2) is 0 Å². The van der Waals surface area contributed by atoms with E-state index < -0.39 is 6.03 Å². The van der Waals surface area contributed by atoms with Crippen LogP contribution >= 0.6 is 22.6 Å². The molecule has 3 rings (SSSR count). The average molecular weight is 452 g/mol. The minimum atomic E-state index is -0.444. The minimum Gasteiger partial charge on any atom is -0.488 e. The van der Waals surface area contributed by atoms with Gasteiger partial charge in [-0.15, -0.1) is 0 Å². The fraction of sp³-hybridized carbons (Fsp3) is 0.111. The molecule has 0 aromatic heterocycles. The summed E-state index contributed by atoms with van der Waals surface area (Å²) < 4.78 is 19.7. The number of ether oxygens (including phenoxy) is 1. The van der Waals surface area contributed by atoms with Gasteiger partial charge in [-0.3, -0.25) is 9.69 Å². The lowest BCUT2D eigenvalue weighted by atomic mass is 10.2. The number of nitrogens with one attached hydrogen (secondary N) is 1. The third kappa shape index (κ3) is 3.98. The number of hydrogen-bond donors (Lipinski definition) is 1. The van der Waals surface area contributed by atoms with Gasteiger partial charge in [0.25, 0.3) is 5.91 Å². The zero-order valence-electron chi connectivity index (χ0n) is 13.3. The number of imide groups is 1. The molecular weight excluding hydrogens is 438 g/mol. The first-order chi connectivity index (χ1) is 11.9. The number of nitrogens with zero attached hydrogens (tertiary/aromatic N) is 1. The molecule has 3 amide bonds. The summed E-state index contributed by atoms with van der Waals surface area (Å²) in [5, 5.41) is 2.52. The standard InChI is InChI=1S/C18H14FIN2O3/c1-22-17(23)15(21-18(22)24)9-11-5-6-16(14(20)8-11)25-10-12-3-2-4-13(19)7-12/h2-9H,10H2,1H3,(H,21,24)/b15-9+. The maximum atomic E-state index is 13.2. The number of carbonyl (C=O) groups is 2. The molecule has 1 saturated heterocycles. The van der Waals surface area contributed by atoms with E-state index in [1.165, 1.54) is 19.2 Å². The van der Waals surface area contributed by atoms with Crippen LogP contribution in [0.1, 0.15) is 11.1 Å². The van der Waals surface area contributed by atoms with Crippen molar-refractivity contribution in [1.82, 2.24) is 10.2 Å². The van der Waals surface area contributed by atoms with Crippen molar-refractivity contribution in [2.45, 2.75) is 6.61 Å². The molecule has 1 heterocycles. The summed E-state index contributed by atoms with van der Waals surface area (Å²) in [6, 6.07) is 11.2. The summed E-state index contributed by atoms with van der Waals surface area (Å²) >= 11 is 2.12. The molecule has 25 heavy (non-hydrogen) atoms. The van der Waals surface area contributed by atoms with Crippen molar-refractivity contribution < 1.29 is 18.7 Å². The van der Waals surface area contributed by atoms with Crippen molar-refractivity contribution in [2.24, 2.45) is 0 Å². The van der Waals surface area contributed by atoms with Crippen molar-refractivity contribution in [2.75, 3.05) is 7.05 Å². The van der Waals surface area contributed by atoms with Gasteiger partial charge < -0.3 is 10.1 Å². The van der Waals surface area contributed by atoms with Crippen LogP contribution in [0, 0.1) is 9.39 Å². The Bertz CT molecular complexity index is 882. The first-order valence-electron chi connectivity index (χ1n) is 7.41. The van der Waals surface area contributed by atoms with Crippen molar-refractivity contribution in [1.29, 1.82) is 0 Å². The highest BCUT2D eigenvalue weighted by Crippen LogP contribution is 2.25. The number of rotatable bonds is 4. The third-order valence-corrected chi connectivity index (χ3v) is 4.47. The molecule has 1 aliphatic heterocycles. The van der Waals surface area contributed by atoms with Crippen LogP contribution in [0.2, 0.25) is 0 Å². The fourth-order valence-electron chi connectivity index (χ4n) is 2.30. The first kappa shape index (κ1) is 17.4. The molecule has 7 heteroatoms. The molecule has 0 unspecified atom stereocenters. The quantitative estimate of drug-likeness (QED) is 0.439. The lowest BCUT2D eigenvalue weighted by molar-refractivity contribution is -0.121. The van der Waals surface area contributed by atoms with Crippen LogP contribution < -0.4 is 10.1 Å². The number of likely N-dealkylation sites (N-methyl/N-ethyl adjacent to an activating group) is 1. The van der Waals surface area contributed by atoms with E-state index in [1.807, 2.05) is 6.07 Å². The van der Waals surface area contributed by atoms with E-state index in [2.05, 4.69) is 27.9 Å². The smallest absolute Gasteiger partial charge is 0.328 e. The molecule has 0 radical (unpaired) electrons. The molecule has 1 fully saturated rings. The topological polar surface area (TPSA) is 58.6 Å². The van der Waals surface area contributed by atoms with Gasteiger partial charge in [-0.2, -0.15) is 0 Å². The number of amides is 3. The highest BCUT2D eigenvalue weighted by atomic mass is 127. The minimum absolute atomic E-state index is 0.233. The van der Waals surface area contributed by atoms with Crippen LogP contribution in [0.15, 0.2) is 48.2 Å². The molecule has 1 aliphatic rings.